The van der Waals surface area contributed by atoms with E-state index < -0.39 is 0 Å². The Balaban J connectivity index is 2.15. The van der Waals surface area contributed by atoms with Crippen molar-refractivity contribution in [1.29, 1.82) is 5.26 Å². The summed E-state index contributed by atoms with van der Waals surface area (Å²) in [6.45, 7) is 5.49. The smallest absolute Gasteiger partial charge is 0.264 e. The van der Waals surface area contributed by atoms with E-state index in [1.165, 1.54) is 0 Å². The number of amides is 1. The van der Waals surface area contributed by atoms with Crippen molar-refractivity contribution in [3.05, 3.63) is 35.4 Å². The first-order valence-electron chi connectivity index (χ1n) is 7.46. The average molecular weight is 299 g/mol. The highest BCUT2D eigenvalue weighted by molar-refractivity contribution is 6.01. The monoisotopic (exact) mass is 299 g/mol. The van der Waals surface area contributed by atoms with Crippen LogP contribution in [0.1, 0.15) is 12.5 Å². The third kappa shape index (κ3) is 4.09. The number of nitrogens with zero attached hydrogens (tertiary/aromatic N) is 3. The fourth-order valence-electron chi connectivity index (χ4n) is 2.35. The molecule has 2 rings (SSSR count). The molecule has 0 radical (unpaired) electrons. The predicted octanol–water partition coefficient (Wildman–Crippen LogP) is 1.77. The molecule has 22 heavy (non-hydrogen) atoms. The third-order valence-electron chi connectivity index (χ3n) is 3.62. The molecule has 1 amide bonds. The van der Waals surface area contributed by atoms with Crippen molar-refractivity contribution in [2.75, 3.05) is 39.8 Å². The van der Waals surface area contributed by atoms with Crippen molar-refractivity contribution >= 4 is 12.0 Å². The van der Waals surface area contributed by atoms with Crippen molar-refractivity contribution in [3.8, 4) is 11.8 Å². The molecule has 0 saturated carbocycles. The van der Waals surface area contributed by atoms with E-state index in [1.807, 2.05) is 44.3 Å². The van der Waals surface area contributed by atoms with Gasteiger partial charge in [-0.25, -0.2) is 0 Å². The Labute approximate surface area is 131 Å². The Morgan fingerprint density at radius 2 is 2.09 bits per heavy atom. The maximum absolute atomic E-state index is 12.4. The molecule has 0 unspecified atom stereocenters. The van der Waals surface area contributed by atoms with Crippen LogP contribution in [-0.4, -0.2) is 55.5 Å². The molecular formula is C17H21N3O2. The molecule has 5 heteroatoms. The molecule has 0 bridgehead atoms. The molecule has 116 valence electrons. The summed E-state index contributed by atoms with van der Waals surface area (Å²) in [5.74, 6) is 0.540. The standard InChI is InChI=1S/C17H21N3O2/c1-3-22-16-6-4-5-14(12-16)11-15(13-18)17(21)20-9-7-19(2)8-10-20/h4-6,11-12H,3,7-10H2,1-2H3/b15-11+. The van der Waals surface area contributed by atoms with Crippen LogP contribution < -0.4 is 4.74 Å². The van der Waals surface area contributed by atoms with Crippen molar-refractivity contribution in [2.45, 2.75) is 6.92 Å². The average Bonchev–Trinajstić information content (AvgIpc) is 2.53. The summed E-state index contributed by atoms with van der Waals surface area (Å²) in [6, 6.07) is 9.43. The van der Waals surface area contributed by atoms with E-state index in [2.05, 4.69) is 4.90 Å². The van der Waals surface area contributed by atoms with Crippen LogP contribution in [0.2, 0.25) is 0 Å². The van der Waals surface area contributed by atoms with Gasteiger partial charge >= 0.3 is 0 Å². The van der Waals surface area contributed by atoms with Crippen LogP contribution in [0.4, 0.5) is 0 Å². The summed E-state index contributed by atoms with van der Waals surface area (Å²) in [6.07, 6.45) is 1.63. The lowest BCUT2D eigenvalue weighted by Gasteiger charge is -2.32. The number of ether oxygens (including phenoxy) is 1. The molecule has 1 aliphatic heterocycles. The maximum atomic E-state index is 12.4. The largest absolute Gasteiger partial charge is 0.494 e. The zero-order chi connectivity index (χ0) is 15.9. The lowest BCUT2D eigenvalue weighted by molar-refractivity contribution is -0.128. The molecule has 5 nitrogen and oxygen atoms in total. The van der Waals surface area contributed by atoms with Gasteiger partial charge in [-0.1, -0.05) is 12.1 Å². The molecule has 0 atom stereocenters. The van der Waals surface area contributed by atoms with Crippen molar-refractivity contribution < 1.29 is 9.53 Å². The highest BCUT2D eigenvalue weighted by Gasteiger charge is 2.22. The first-order valence-corrected chi connectivity index (χ1v) is 7.46. The van der Waals surface area contributed by atoms with E-state index in [1.54, 1.807) is 11.0 Å². The van der Waals surface area contributed by atoms with E-state index in [4.69, 9.17) is 4.74 Å². The minimum absolute atomic E-state index is 0.165. The summed E-state index contributed by atoms with van der Waals surface area (Å²) in [5, 5.41) is 9.31. The number of likely N-dealkylation sites (N-methyl/N-ethyl adjacent to an activating group) is 1. The van der Waals surface area contributed by atoms with Gasteiger partial charge in [-0.3, -0.25) is 4.79 Å². The second-order valence-corrected chi connectivity index (χ2v) is 5.27. The molecule has 0 N–H and O–H groups in total. The van der Waals surface area contributed by atoms with Gasteiger partial charge in [0.1, 0.15) is 17.4 Å². The van der Waals surface area contributed by atoms with Crippen molar-refractivity contribution in [2.24, 2.45) is 0 Å². The molecular weight excluding hydrogens is 278 g/mol. The number of hydrogen-bond acceptors (Lipinski definition) is 4. The van der Waals surface area contributed by atoms with Gasteiger partial charge in [-0.05, 0) is 37.7 Å². The summed E-state index contributed by atoms with van der Waals surface area (Å²) in [4.78, 5) is 16.3. The van der Waals surface area contributed by atoms with Crippen LogP contribution in [-0.2, 0) is 4.79 Å². The number of benzene rings is 1. The van der Waals surface area contributed by atoms with Crippen molar-refractivity contribution in [1.82, 2.24) is 9.80 Å². The van der Waals surface area contributed by atoms with E-state index >= 15 is 0 Å². The number of piperazine rings is 1. The van der Waals surface area contributed by atoms with E-state index in [-0.39, 0.29) is 11.5 Å². The first-order chi connectivity index (χ1) is 10.6. The molecule has 0 aliphatic carbocycles. The molecule has 1 heterocycles. The van der Waals surface area contributed by atoms with Gasteiger partial charge in [0.05, 0.1) is 6.61 Å². The van der Waals surface area contributed by atoms with Crippen molar-refractivity contribution in [3.63, 3.8) is 0 Å². The van der Waals surface area contributed by atoms with Gasteiger partial charge in [0.15, 0.2) is 0 Å². The Bertz CT molecular complexity index is 596. The van der Waals surface area contributed by atoms with Crippen LogP contribution in [0.5, 0.6) is 5.75 Å². The van der Waals surface area contributed by atoms with E-state index in [9.17, 15) is 10.1 Å². The number of hydrogen-bond donors (Lipinski definition) is 0. The Morgan fingerprint density at radius 1 is 1.36 bits per heavy atom. The third-order valence-corrected chi connectivity index (χ3v) is 3.62. The predicted molar refractivity (Wildman–Crippen MR) is 85.3 cm³/mol. The number of rotatable bonds is 4. The highest BCUT2D eigenvalue weighted by Crippen LogP contribution is 2.17. The highest BCUT2D eigenvalue weighted by atomic mass is 16.5. The van der Waals surface area contributed by atoms with E-state index in [0.717, 1.165) is 24.4 Å². The Kier molecular flexibility index (Phi) is 5.56. The maximum Gasteiger partial charge on any atom is 0.264 e. The molecule has 0 aromatic heterocycles. The van der Waals surface area contributed by atoms with Crippen LogP contribution in [0.15, 0.2) is 29.8 Å². The number of carbonyl (C=O) groups excluding carboxylic acids is 1. The molecule has 1 aliphatic rings. The molecule has 1 fully saturated rings. The quantitative estimate of drug-likeness (QED) is 0.628. The lowest BCUT2D eigenvalue weighted by atomic mass is 10.1. The Morgan fingerprint density at radius 3 is 2.73 bits per heavy atom. The molecule has 1 aromatic rings. The number of nitriles is 1. The van der Waals surface area contributed by atoms with Crippen LogP contribution >= 0.6 is 0 Å². The first kappa shape index (κ1) is 16.1. The zero-order valence-electron chi connectivity index (χ0n) is 13.1. The fraction of sp³-hybridized carbons (Fsp3) is 0.412. The molecule has 1 saturated heterocycles. The van der Waals surface area contributed by atoms with Gasteiger partial charge < -0.3 is 14.5 Å². The minimum atomic E-state index is -0.197. The topological polar surface area (TPSA) is 56.6 Å². The van der Waals surface area contributed by atoms with Gasteiger partial charge in [0, 0.05) is 26.2 Å². The number of carbonyl (C=O) groups is 1. The SMILES string of the molecule is CCOc1cccc(/C=C(\C#N)C(=O)N2CCN(C)CC2)c1. The zero-order valence-corrected chi connectivity index (χ0v) is 13.1. The van der Waals surface area contributed by atoms with Crippen LogP contribution in [0.3, 0.4) is 0 Å². The van der Waals surface area contributed by atoms with Crippen LogP contribution in [0.25, 0.3) is 6.08 Å². The summed E-state index contributed by atoms with van der Waals surface area (Å²) < 4.78 is 5.44. The summed E-state index contributed by atoms with van der Waals surface area (Å²) in [7, 11) is 2.03. The van der Waals surface area contributed by atoms with Crippen LogP contribution in [0, 0.1) is 11.3 Å². The van der Waals surface area contributed by atoms with Gasteiger partial charge in [0.2, 0.25) is 0 Å². The van der Waals surface area contributed by atoms with E-state index in [0.29, 0.717) is 19.7 Å². The van der Waals surface area contributed by atoms with Gasteiger partial charge in [0.25, 0.3) is 5.91 Å². The summed E-state index contributed by atoms with van der Waals surface area (Å²) >= 11 is 0. The van der Waals surface area contributed by atoms with Gasteiger partial charge in [-0.15, -0.1) is 0 Å². The molecule has 0 spiro atoms. The summed E-state index contributed by atoms with van der Waals surface area (Å²) in [5.41, 5.74) is 0.961. The molecule has 1 aromatic carbocycles. The minimum Gasteiger partial charge on any atom is -0.494 e. The normalized spacial score (nSPS) is 16.2. The Hall–Kier alpha value is -2.32. The fourth-order valence-corrected chi connectivity index (χ4v) is 2.35. The second kappa shape index (κ2) is 7.62. The lowest BCUT2D eigenvalue weighted by Crippen LogP contribution is -2.47. The second-order valence-electron chi connectivity index (χ2n) is 5.27. The van der Waals surface area contributed by atoms with Gasteiger partial charge in [-0.2, -0.15) is 5.26 Å².